The first-order valence-electron chi connectivity index (χ1n) is 5.77. The van der Waals surface area contributed by atoms with Crippen LogP contribution in [0.2, 0.25) is 0 Å². The Kier molecular flexibility index (Phi) is 6.16. The van der Waals surface area contributed by atoms with Gasteiger partial charge >= 0.3 is 42.0 Å². The third-order valence-corrected chi connectivity index (χ3v) is 2.67. The molecule has 0 aliphatic heterocycles. The Morgan fingerprint density at radius 1 is 0.880 bits per heavy atom. The zero-order valence-corrected chi connectivity index (χ0v) is 11.8. The van der Waals surface area contributed by atoms with E-state index in [2.05, 4.69) is 11.3 Å². The summed E-state index contributed by atoms with van der Waals surface area (Å²) in [6.45, 7) is 0.677. The number of esters is 1. The van der Waals surface area contributed by atoms with Crippen molar-refractivity contribution < 1.29 is 62.2 Å². The summed E-state index contributed by atoms with van der Waals surface area (Å²) in [4.78, 5) is 10.8. The molecule has 0 aromatic rings. The van der Waals surface area contributed by atoms with Gasteiger partial charge in [-0.2, -0.15) is 43.9 Å². The Bertz CT molecular complexity index is 525. The van der Waals surface area contributed by atoms with E-state index in [1.165, 1.54) is 0 Å². The molecule has 148 valence electrons. The van der Waals surface area contributed by atoms with Gasteiger partial charge in [0.25, 0.3) is 0 Å². The average molecular weight is 400 g/mol. The number of rotatable bonds is 8. The highest BCUT2D eigenvalue weighted by atomic mass is 19.4. The molecule has 0 rings (SSSR count). The van der Waals surface area contributed by atoms with E-state index in [0.717, 1.165) is 6.92 Å². The van der Waals surface area contributed by atoms with Crippen molar-refractivity contribution in [2.24, 2.45) is 0 Å². The highest BCUT2D eigenvalue weighted by molar-refractivity contribution is 5.86. The second-order valence-electron chi connectivity index (χ2n) is 4.71. The molecule has 0 bridgehead atoms. The molecule has 0 saturated heterocycles. The summed E-state index contributed by atoms with van der Waals surface area (Å²) < 4.78 is 156. The molecule has 0 heterocycles. The van der Waals surface area contributed by atoms with Crippen molar-refractivity contribution in [2.75, 3.05) is 6.61 Å². The SMILES string of the molecule is C=C(C)C(=O)OCC(F)(F)C(F)(F)C(F)(F)C(F)(F)C(F)(F)C(F)F. The molecular formula is C11H8F12O2. The third kappa shape index (κ3) is 3.66. The van der Waals surface area contributed by atoms with E-state index in [4.69, 9.17) is 0 Å². The van der Waals surface area contributed by atoms with Crippen molar-refractivity contribution in [3.8, 4) is 0 Å². The lowest BCUT2D eigenvalue weighted by atomic mass is 9.94. The van der Waals surface area contributed by atoms with Crippen molar-refractivity contribution in [1.29, 1.82) is 0 Å². The van der Waals surface area contributed by atoms with Gasteiger partial charge in [0.1, 0.15) is 0 Å². The number of ether oxygens (including phenoxy) is 1. The number of alkyl halides is 12. The molecular weight excluding hydrogens is 392 g/mol. The standard InChI is InChI=1S/C11H8F12O2/c1-4(2)5(24)25-3-7(14,15)9(18,19)11(22,23)10(20,21)8(16,17)6(12)13/h6H,1,3H2,2H3. The Morgan fingerprint density at radius 3 is 1.60 bits per heavy atom. The molecule has 0 saturated carbocycles. The largest absolute Gasteiger partial charge is 0.456 e. The fourth-order valence-corrected chi connectivity index (χ4v) is 1.14. The minimum absolute atomic E-state index is 0.680. The van der Waals surface area contributed by atoms with Gasteiger partial charge in [0.2, 0.25) is 0 Å². The van der Waals surface area contributed by atoms with Crippen LogP contribution in [-0.4, -0.2) is 48.6 Å². The first-order chi connectivity index (χ1) is 10.8. The van der Waals surface area contributed by atoms with Gasteiger partial charge in [0.05, 0.1) is 0 Å². The highest BCUT2D eigenvalue weighted by Gasteiger charge is 2.87. The molecule has 0 aromatic carbocycles. The molecule has 0 amide bonds. The summed E-state index contributed by atoms with van der Waals surface area (Å²) in [6, 6.07) is 0. The summed E-state index contributed by atoms with van der Waals surface area (Å²) in [6.07, 6.45) is -5.57. The van der Waals surface area contributed by atoms with Crippen LogP contribution in [0.15, 0.2) is 12.2 Å². The van der Waals surface area contributed by atoms with Gasteiger partial charge in [-0.05, 0) is 6.92 Å². The molecule has 14 heteroatoms. The Hall–Kier alpha value is -1.63. The first kappa shape index (κ1) is 23.4. The van der Waals surface area contributed by atoms with Crippen LogP contribution in [0, 0.1) is 0 Å². The van der Waals surface area contributed by atoms with Crippen molar-refractivity contribution in [1.82, 2.24) is 0 Å². The number of carbonyl (C=O) groups is 1. The van der Waals surface area contributed by atoms with Crippen molar-refractivity contribution in [3.63, 3.8) is 0 Å². The van der Waals surface area contributed by atoms with Crippen LogP contribution in [0.1, 0.15) is 6.92 Å². The molecule has 0 fully saturated rings. The van der Waals surface area contributed by atoms with Crippen LogP contribution < -0.4 is 0 Å². The number of hydrogen-bond acceptors (Lipinski definition) is 2. The minimum Gasteiger partial charge on any atom is -0.456 e. The zero-order valence-electron chi connectivity index (χ0n) is 11.8. The Labute approximate surface area is 131 Å². The van der Waals surface area contributed by atoms with E-state index < -0.39 is 54.2 Å². The van der Waals surface area contributed by atoms with Gasteiger partial charge in [0, 0.05) is 5.57 Å². The summed E-state index contributed by atoms with van der Waals surface area (Å²) >= 11 is 0. The number of hydrogen-bond donors (Lipinski definition) is 0. The first-order valence-corrected chi connectivity index (χ1v) is 5.77. The lowest BCUT2D eigenvalue weighted by Gasteiger charge is -2.38. The average Bonchev–Trinajstić information content (AvgIpc) is 2.43. The highest BCUT2D eigenvalue weighted by Crippen LogP contribution is 2.58. The van der Waals surface area contributed by atoms with Crippen molar-refractivity contribution >= 4 is 5.97 Å². The molecule has 25 heavy (non-hydrogen) atoms. The van der Waals surface area contributed by atoms with Crippen molar-refractivity contribution in [3.05, 3.63) is 12.2 Å². The van der Waals surface area contributed by atoms with E-state index >= 15 is 0 Å². The van der Waals surface area contributed by atoms with Crippen LogP contribution in [0.4, 0.5) is 52.7 Å². The summed E-state index contributed by atoms with van der Waals surface area (Å²) in [5, 5.41) is 0. The van der Waals surface area contributed by atoms with Gasteiger partial charge in [-0.15, -0.1) is 0 Å². The molecule has 0 unspecified atom stereocenters. The maximum Gasteiger partial charge on any atom is 0.384 e. The van der Waals surface area contributed by atoms with E-state index in [0.29, 0.717) is 0 Å². The second kappa shape index (κ2) is 6.59. The van der Waals surface area contributed by atoms with Gasteiger partial charge < -0.3 is 4.74 Å². The lowest BCUT2D eigenvalue weighted by Crippen LogP contribution is -2.69. The van der Waals surface area contributed by atoms with Crippen LogP contribution in [0.5, 0.6) is 0 Å². The third-order valence-electron chi connectivity index (χ3n) is 2.67. The van der Waals surface area contributed by atoms with Crippen LogP contribution in [0.3, 0.4) is 0 Å². The maximum absolute atomic E-state index is 13.1. The monoisotopic (exact) mass is 400 g/mol. The molecule has 0 atom stereocenters. The maximum atomic E-state index is 13.1. The molecule has 0 spiro atoms. The minimum atomic E-state index is -7.64. The number of halogens is 12. The van der Waals surface area contributed by atoms with E-state index in [-0.39, 0.29) is 0 Å². The Balaban J connectivity index is 5.86. The predicted molar refractivity (Wildman–Crippen MR) is 56.5 cm³/mol. The fraction of sp³-hybridized carbons (Fsp3) is 0.727. The van der Waals surface area contributed by atoms with Crippen LogP contribution in [-0.2, 0) is 9.53 Å². The summed E-state index contributed by atoms with van der Waals surface area (Å²) in [5.74, 6) is -37.7. The van der Waals surface area contributed by atoms with Crippen LogP contribution in [0.25, 0.3) is 0 Å². The normalized spacial score (nSPS) is 14.6. The van der Waals surface area contributed by atoms with Crippen LogP contribution >= 0.6 is 0 Å². The smallest absolute Gasteiger partial charge is 0.384 e. The van der Waals surface area contributed by atoms with E-state index in [1.807, 2.05) is 0 Å². The molecule has 0 aliphatic rings. The molecule has 0 N–H and O–H groups in total. The topological polar surface area (TPSA) is 26.3 Å². The van der Waals surface area contributed by atoms with Gasteiger partial charge in [0.15, 0.2) is 6.61 Å². The quantitative estimate of drug-likeness (QED) is 0.340. The van der Waals surface area contributed by atoms with E-state index in [9.17, 15) is 57.5 Å². The Morgan fingerprint density at radius 2 is 1.28 bits per heavy atom. The number of carbonyl (C=O) groups excluding carboxylic acids is 1. The summed E-state index contributed by atoms with van der Waals surface area (Å²) in [5.41, 5.74) is -0.680. The fourth-order valence-electron chi connectivity index (χ4n) is 1.14. The lowest BCUT2D eigenvalue weighted by molar-refractivity contribution is -0.414. The van der Waals surface area contributed by atoms with E-state index in [1.54, 1.807) is 0 Å². The van der Waals surface area contributed by atoms with Gasteiger partial charge in [-0.1, -0.05) is 6.58 Å². The summed E-state index contributed by atoms with van der Waals surface area (Å²) in [7, 11) is 0. The molecule has 2 nitrogen and oxygen atoms in total. The zero-order chi connectivity index (χ0) is 20.6. The molecule has 0 aliphatic carbocycles. The molecule has 0 radical (unpaired) electrons. The second-order valence-corrected chi connectivity index (χ2v) is 4.71. The predicted octanol–water partition coefficient (Wildman–Crippen LogP) is 4.55. The van der Waals surface area contributed by atoms with Gasteiger partial charge in [-0.3, -0.25) is 0 Å². The molecule has 0 aromatic heterocycles. The van der Waals surface area contributed by atoms with Gasteiger partial charge in [-0.25, -0.2) is 13.6 Å². The van der Waals surface area contributed by atoms with Crippen molar-refractivity contribution in [2.45, 2.75) is 43.0 Å².